The number of aromatic nitrogens is 3. The Bertz CT molecular complexity index is 1550. The van der Waals surface area contributed by atoms with Gasteiger partial charge in [-0.1, -0.05) is 0 Å². The van der Waals surface area contributed by atoms with Crippen molar-refractivity contribution in [1.82, 2.24) is 14.5 Å². The lowest BCUT2D eigenvalue weighted by Crippen LogP contribution is -2.29. The van der Waals surface area contributed by atoms with Crippen LogP contribution in [0.15, 0.2) is 29.2 Å². The van der Waals surface area contributed by atoms with Crippen molar-refractivity contribution in [2.75, 3.05) is 15.8 Å². The van der Waals surface area contributed by atoms with Crippen molar-refractivity contribution >= 4 is 32.7 Å². The Balaban J connectivity index is 1.70. The molecule has 1 fully saturated rings. The monoisotopic (exact) mass is 591 g/mol. The Kier molecular flexibility index (Phi) is 8.33. The molecule has 1 saturated carbocycles. The molecular weight excluding hydrogens is 564 g/mol. The summed E-state index contributed by atoms with van der Waals surface area (Å²) in [6.45, 7) is 3.41. The zero-order valence-electron chi connectivity index (χ0n) is 21.5. The normalized spacial score (nSPS) is 18.3. The van der Waals surface area contributed by atoms with Crippen LogP contribution in [-0.4, -0.2) is 47.1 Å². The summed E-state index contributed by atoms with van der Waals surface area (Å²) in [5, 5.41) is 3.46. The molecule has 0 spiro atoms. The lowest BCUT2D eigenvalue weighted by atomic mass is 9.94. The Morgan fingerprint density at radius 1 is 1.12 bits per heavy atom. The predicted octanol–water partition coefficient (Wildman–Crippen LogP) is 5.70. The van der Waals surface area contributed by atoms with E-state index in [-0.39, 0.29) is 28.8 Å². The highest BCUT2D eigenvalue weighted by atomic mass is 32.2. The van der Waals surface area contributed by atoms with Crippen LogP contribution < -0.4 is 15.6 Å². The molecule has 0 unspecified atom stereocenters. The van der Waals surface area contributed by atoms with Crippen LogP contribution >= 0.6 is 0 Å². The molecular formula is C25H27F6N5O3S. The molecule has 2 aromatic heterocycles. The topological polar surface area (TPSA) is 106 Å². The highest BCUT2D eigenvalue weighted by molar-refractivity contribution is 7.92. The standard InChI is InChI=1S/C25H27F6N5O3S/c1-13(2)36-22-15(12-32-24(34-22)33-17-5-3-4-16(26)11-17)8-18(23(36)37)14-9-19(27)21(20(28)10-14)35-40(38,39)7-6-25(29,30)31/h8-10,12-13,16-17,35H,3-7,11H2,1-2H3,(H,32,33,34)/t16-,17+/m0/s1. The molecule has 4 rings (SSSR count). The molecule has 0 amide bonds. The van der Waals surface area contributed by atoms with Crippen LogP contribution in [0.2, 0.25) is 0 Å². The molecule has 40 heavy (non-hydrogen) atoms. The van der Waals surface area contributed by atoms with E-state index >= 15 is 0 Å². The summed E-state index contributed by atoms with van der Waals surface area (Å²) in [5.41, 5.74) is -1.93. The lowest BCUT2D eigenvalue weighted by Gasteiger charge is -2.25. The van der Waals surface area contributed by atoms with Gasteiger partial charge in [0.05, 0.1) is 12.2 Å². The molecule has 8 nitrogen and oxygen atoms in total. The minimum atomic E-state index is -4.78. The van der Waals surface area contributed by atoms with Gasteiger partial charge in [-0.15, -0.1) is 0 Å². The van der Waals surface area contributed by atoms with Crippen LogP contribution in [0.25, 0.3) is 22.2 Å². The second-order valence-corrected chi connectivity index (χ2v) is 11.8. The average molecular weight is 592 g/mol. The first-order valence-corrected chi connectivity index (χ1v) is 14.2. The van der Waals surface area contributed by atoms with Gasteiger partial charge >= 0.3 is 6.18 Å². The molecule has 2 atom stereocenters. The van der Waals surface area contributed by atoms with Crippen molar-refractivity contribution in [3.8, 4) is 11.1 Å². The number of anilines is 2. The zero-order chi connectivity index (χ0) is 29.4. The summed E-state index contributed by atoms with van der Waals surface area (Å²) >= 11 is 0. The van der Waals surface area contributed by atoms with Crippen LogP contribution in [-0.2, 0) is 10.0 Å². The van der Waals surface area contributed by atoms with E-state index in [0.29, 0.717) is 36.8 Å². The molecule has 218 valence electrons. The van der Waals surface area contributed by atoms with E-state index in [1.165, 1.54) is 21.6 Å². The first-order valence-electron chi connectivity index (χ1n) is 12.5. The number of fused-ring (bicyclic) bond motifs is 1. The van der Waals surface area contributed by atoms with Crippen LogP contribution in [0.5, 0.6) is 0 Å². The molecule has 1 aromatic carbocycles. The van der Waals surface area contributed by atoms with Gasteiger partial charge in [0.15, 0.2) is 11.6 Å². The summed E-state index contributed by atoms with van der Waals surface area (Å²) in [6, 6.07) is 2.14. The largest absolute Gasteiger partial charge is 0.390 e. The second-order valence-electron chi connectivity index (χ2n) is 10.0. The third-order valence-electron chi connectivity index (χ3n) is 6.50. The van der Waals surface area contributed by atoms with Crippen molar-refractivity contribution < 1.29 is 34.8 Å². The maximum atomic E-state index is 14.9. The van der Waals surface area contributed by atoms with Crippen LogP contribution in [0.3, 0.4) is 0 Å². The van der Waals surface area contributed by atoms with Gasteiger partial charge in [0.2, 0.25) is 16.0 Å². The number of sulfonamides is 1. The summed E-state index contributed by atoms with van der Waals surface area (Å²) in [5.74, 6) is -4.06. The second kappa shape index (κ2) is 11.3. The fourth-order valence-corrected chi connectivity index (χ4v) is 5.71. The maximum absolute atomic E-state index is 14.9. The zero-order valence-corrected chi connectivity index (χ0v) is 22.3. The average Bonchev–Trinajstić information content (AvgIpc) is 2.84. The lowest BCUT2D eigenvalue weighted by molar-refractivity contribution is -0.129. The summed E-state index contributed by atoms with van der Waals surface area (Å²) in [6.07, 6.45) is -3.73. The molecule has 0 saturated heterocycles. The van der Waals surface area contributed by atoms with Gasteiger partial charge in [-0.25, -0.2) is 26.6 Å². The Hall–Kier alpha value is -3.36. The fourth-order valence-electron chi connectivity index (χ4n) is 4.60. The minimum absolute atomic E-state index is 0.137. The first kappa shape index (κ1) is 29.6. The third-order valence-corrected chi connectivity index (χ3v) is 7.75. The molecule has 2 N–H and O–H groups in total. The smallest absolute Gasteiger partial charge is 0.351 e. The number of nitrogens with one attached hydrogen (secondary N) is 2. The SMILES string of the molecule is CC(C)n1c(=O)c(-c2cc(F)c(NS(=O)(=O)CCC(F)(F)F)c(F)c2)cc2cnc(N[C@@H]3CCC[C@H](F)C3)nc21. The van der Waals surface area contributed by atoms with Gasteiger partial charge in [0.1, 0.15) is 17.5 Å². The fraction of sp³-hybridized carbons (Fsp3) is 0.480. The highest BCUT2D eigenvalue weighted by Gasteiger charge is 2.31. The van der Waals surface area contributed by atoms with Crippen LogP contribution in [0, 0.1) is 11.6 Å². The number of hydrogen-bond donors (Lipinski definition) is 2. The number of nitrogens with zero attached hydrogens (tertiary/aromatic N) is 3. The molecule has 0 radical (unpaired) electrons. The van der Waals surface area contributed by atoms with Gasteiger partial charge in [-0.05, 0) is 63.3 Å². The van der Waals surface area contributed by atoms with Crippen molar-refractivity contribution in [2.24, 2.45) is 0 Å². The number of hydrogen-bond acceptors (Lipinski definition) is 6. The molecule has 2 heterocycles. The van der Waals surface area contributed by atoms with Gasteiger partial charge in [-0.3, -0.25) is 14.1 Å². The van der Waals surface area contributed by atoms with E-state index in [0.717, 1.165) is 6.42 Å². The van der Waals surface area contributed by atoms with E-state index in [1.54, 1.807) is 13.8 Å². The van der Waals surface area contributed by atoms with Crippen molar-refractivity contribution in [2.45, 2.75) is 70.4 Å². The number of pyridine rings is 1. The van der Waals surface area contributed by atoms with E-state index < -0.39 is 63.5 Å². The van der Waals surface area contributed by atoms with E-state index in [2.05, 4.69) is 15.3 Å². The van der Waals surface area contributed by atoms with Gasteiger partial charge in [0, 0.05) is 29.2 Å². The third kappa shape index (κ3) is 6.85. The Labute approximate surface area is 225 Å². The molecule has 0 aliphatic heterocycles. The van der Waals surface area contributed by atoms with Gasteiger partial charge in [0.25, 0.3) is 5.56 Å². The summed E-state index contributed by atoms with van der Waals surface area (Å²) in [4.78, 5) is 22.2. The van der Waals surface area contributed by atoms with E-state index in [1.807, 2.05) is 0 Å². The molecule has 0 bridgehead atoms. The quantitative estimate of drug-likeness (QED) is 0.326. The first-order chi connectivity index (χ1) is 18.6. The van der Waals surface area contributed by atoms with Crippen molar-refractivity contribution in [1.29, 1.82) is 0 Å². The minimum Gasteiger partial charge on any atom is -0.351 e. The number of benzene rings is 1. The Morgan fingerprint density at radius 2 is 1.80 bits per heavy atom. The van der Waals surface area contributed by atoms with E-state index in [9.17, 15) is 39.6 Å². The molecule has 3 aromatic rings. The maximum Gasteiger partial charge on any atom is 0.390 e. The summed E-state index contributed by atoms with van der Waals surface area (Å²) < 4.78 is 107. The van der Waals surface area contributed by atoms with Crippen molar-refractivity contribution in [3.63, 3.8) is 0 Å². The number of rotatable bonds is 8. The predicted molar refractivity (Wildman–Crippen MR) is 138 cm³/mol. The Morgan fingerprint density at radius 3 is 2.40 bits per heavy atom. The van der Waals surface area contributed by atoms with Gasteiger partial charge < -0.3 is 5.32 Å². The molecule has 1 aliphatic carbocycles. The summed E-state index contributed by atoms with van der Waals surface area (Å²) in [7, 11) is -4.72. The highest BCUT2D eigenvalue weighted by Crippen LogP contribution is 2.30. The number of alkyl halides is 4. The molecule has 15 heteroatoms. The van der Waals surface area contributed by atoms with Crippen LogP contribution in [0.1, 0.15) is 52.0 Å². The van der Waals surface area contributed by atoms with Gasteiger partial charge in [-0.2, -0.15) is 18.2 Å². The van der Waals surface area contributed by atoms with Crippen LogP contribution in [0.4, 0.5) is 38.0 Å². The number of halogens is 6. The van der Waals surface area contributed by atoms with Crippen molar-refractivity contribution in [3.05, 3.63) is 46.4 Å². The molecule has 1 aliphatic rings. The van der Waals surface area contributed by atoms with E-state index in [4.69, 9.17) is 0 Å².